The molecule has 0 N–H and O–H groups in total. The van der Waals surface area contributed by atoms with Gasteiger partial charge in [-0.2, -0.15) is 0 Å². The average molecular weight is 532 g/mol. The number of aryl methyl sites for hydroxylation is 1. The summed E-state index contributed by atoms with van der Waals surface area (Å²) in [6.07, 6.45) is 2.61. The second-order valence-electron chi connectivity index (χ2n) is 7.54. The smallest absolute Gasteiger partial charge is 0.330 e. The Hall–Kier alpha value is -3.13. The van der Waals surface area contributed by atoms with Crippen LogP contribution in [-0.4, -0.2) is 33.3 Å². The van der Waals surface area contributed by atoms with Gasteiger partial charge in [0.15, 0.2) is 5.78 Å². The van der Waals surface area contributed by atoms with Crippen LogP contribution < -0.4 is 4.31 Å². The molecule has 3 rings (SSSR count). The number of carbonyl (C=O) groups excluding carboxylic acids is 2. The molecule has 0 spiro atoms. The summed E-state index contributed by atoms with van der Waals surface area (Å²) < 4.78 is 33.4. The van der Waals surface area contributed by atoms with Crippen LogP contribution >= 0.6 is 23.2 Å². The summed E-state index contributed by atoms with van der Waals surface area (Å²) in [6.45, 7) is 3.21. The van der Waals surface area contributed by atoms with Crippen molar-refractivity contribution >= 4 is 56.7 Å². The average Bonchev–Trinajstić information content (AvgIpc) is 2.82. The van der Waals surface area contributed by atoms with E-state index in [4.69, 9.17) is 27.9 Å². The fourth-order valence-corrected chi connectivity index (χ4v) is 4.95. The first-order valence-electron chi connectivity index (χ1n) is 10.6. The van der Waals surface area contributed by atoms with Gasteiger partial charge in [0.2, 0.25) is 0 Å². The van der Waals surface area contributed by atoms with Crippen molar-refractivity contribution in [3.8, 4) is 0 Å². The molecule has 0 radical (unpaired) electrons. The number of nitrogens with zero attached hydrogens (tertiary/aromatic N) is 1. The van der Waals surface area contributed by atoms with Crippen molar-refractivity contribution in [3.63, 3.8) is 0 Å². The van der Waals surface area contributed by atoms with Gasteiger partial charge in [-0.3, -0.25) is 9.10 Å². The zero-order chi connectivity index (χ0) is 25.6. The second kappa shape index (κ2) is 11.5. The molecule has 0 heterocycles. The number of esters is 1. The lowest BCUT2D eigenvalue weighted by molar-refractivity contribution is -0.137. The Kier molecular flexibility index (Phi) is 8.72. The lowest BCUT2D eigenvalue weighted by Gasteiger charge is -2.26. The third kappa shape index (κ3) is 6.72. The number of hydrogen-bond acceptors (Lipinski definition) is 5. The Labute approximate surface area is 214 Å². The number of Topliss-reactive ketones (excluding diaryl/α,β-unsaturated/α-hetero) is 1. The van der Waals surface area contributed by atoms with E-state index in [0.29, 0.717) is 16.1 Å². The van der Waals surface area contributed by atoms with Crippen LogP contribution in [0.15, 0.2) is 77.7 Å². The van der Waals surface area contributed by atoms with Gasteiger partial charge in [-0.15, -0.1) is 0 Å². The monoisotopic (exact) mass is 531 g/mol. The maximum atomic E-state index is 13.8. The van der Waals surface area contributed by atoms with E-state index in [1.165, 1.54) is 42.5 Å². The predicted octanol–water partition coefficient (Wildman–Crippen LogP) is 5.96. The predicted molar refractivity (Wildman–Crippen MR) is 139 cm³/mol. The number of sulfonamides is 1. The molecule has 6 nitrogen and oxygen atoms in total. The van der Waals surface area contributed by atoms with E-state index in [0.717, 1.165) is 9.87 Å². The molecule has 0 aliphatic heterocycles. The highest BCUT2D eigenvalue weighted by Crippen LogP contribution is 2.31. The summed E-state index contributed by atoms with van der Waals surface area (Å²) in [5.41, 5.74) is 1.68. The fraction of sp³-hybridized carbons (Fsp3) is 0.154. The molecule has 182 valence electrons. The van der Waals surface area contributed by atoms with Gasteiger partial charge < -0.3 is 4.74 Å². The lowest BCUT2D eigenvalue weighted by atomic mass is 10.1. The molecule has 0 atom stereocenters. The molecule has 0 saturated carbocycles. The van der Waals surface area contributed by atoms with Crippen LogP contribution in [0.4, 0.5) is 5.69 Å². The normalized spacial score (nSPS) is 11.4. The quantitative estimate of drug-likeness (QED) is 0.193. The summed E-state index contributed by atoms with van der Waals surface area (Å²) in [5, 5.41) is 0.711. The number of carbonyl (C=O) groups is 2. The summed E-state index contributed by atoms with van der Waals surface area (Å²) >= 11 is 12.2. The fourth-order valence-electron chi connectivity index (χ4n) is 3.22. The van der Waals surface area contributed by atoms with Crippen LogP contribution in [0, 0.1) is 6.92 Å². The molecule has 0 amide bonds. The maximum Gasteiger partial charge on any atom is 0.330 e. The van der Waals surface area contributed by atoms with Crippen LogP contribution in [-0.2, 0) is 19.6 Å². The first-order chi connectivity index (χ1) is 16.6. The Morgan fingerprint density at radius 3 is 2.20 bits per heavy atom. The van der Waals surface area contributed by atoms with Crippen LogP contribution in [0.1, 0.15) is 28.4 Å². The van der Waals surface area contributed by atoms with E-state index in [9.17, 15) is 18.0 Å². The molecule has 0 saturated heterocycles. The summed E-state index contributed by atoms with van der Waals surface area (Å²) in [5.74, 6) is -1.03. The SMILES string of the molecule is CCOC(=O)/C=C/c1ccc(Cl)cc1N(CC(=O)c1ccc(Cl)cc1)S(=O)(=O)c1ccc(C)cc1. The molecule has 0 aliphatic rings. The van der Waals surface area contributed by atoms with Crippen molar-refractivity contribution in [1.82, 2.24) is 0 Å². The van der Waals surface area contributed by atoms with Crippen LogP contribution in [0.2, 0.25) is 10.0 Å². The minimum Gasteiger partial charge on any atom is -0.463 e. The van der Waals surface area contributed by atoms with Gasteiger partial charge in [-0.1, -0.05) is 47.0 Å². The van der Waals surface area contributed by atoms with Gasteiger partial charge in [0.05, 0.1) is 23.7 Å². The standard InChI is InChI=1S/C26H23Cl2NO5S/c1-3-34-26(31)15-9-19-6-12-22(28)16-24(19)29(17-25(30)20-7-10-21(27)11-8-20)35(32,33)23-13-4-18(2)5-14-23/h4-16H,3,17H2,1-2H3/b15-9+. The molecular weight excluding hydrogens is 509 g/mol. The van der Waals surface area contributed by atoms with Crippen molar-refractivity contribution in [2.75, 3.05) is 17.5 Å². The minimum absolute atomic E-state index is 0.00676. The summed E-state index contributed by atoms with van der Waals surface area (Å²) in [7, 11) is -4.19. The highest BCUT2D eigenvalue weighted by molar-refractivity contribution is 7.92. The van der Waals surface area contributed by atoms with Crippen LogP contribution in [0.5, 0.6) is 0 Å². The topological polar surface area (TPSA) is 80.8 Å². The number of anilines is 1. The summed E-state index contributed by atoms with van der Waals surface area (Å²) in [6, 6.07) is 17.0. The third-order valence-corrected chi connectivity index (χ3v) is 7.27. The number of ketones is 1. The highest BCUT2D eigenvalue weighted by Gasteiger charge is 2.29. The highest BCUT2D eigenvalue weighted by atomic mass is 35.5. The number of halogens is 2. The molecule has 0 aromatic heterocycles. The van der Waals surface area contributed by atoms with Gasteiger partial charge in [0.1, 0.15) is 0 Å². The van der Waals surface area contributed by atoms with Crippen molar-refractivity contribution in [1.29, 1.82) is 0 Å². The number of hydrogen-bond donors (Lipinski definition) is 0. The molecule has 35 heavy (non-hydrogen) atoms. The van der Waals surface area contributed by atoms with E-state index in [-0.39, 0.29) is 22.2 Å². The molecule has 3 aromatic carbocycles. The van der Waals surface area contributed by atoms with Crippen molar-refractivity contribution in [2.45, 2.75) is 18.7 Å². The number of benzene rings is 3. The van der Waals surface area contributed by atoms with Crippen molar-refractivity contribution in [2.24, 2.45) is 0 Å². The zero-order valence-electron chi connectivity index (χ0n) is 19.1. The minimum atomic E-state index is -4.19. The largest absolute Gasteiger partial charge is 0.463 e. The van der Waals surface area contributed by atoms with Gasteiger partial charge in [0, 0.05) is 21.7 Å². The van der Waals surface area contributed by atoms with Gasteiger partial charge >= 0.3 is 5.97 Å². The number of rotatable bonds is 9. The van der Waals surface area contributed by atoms with Crippen molar-refractivity contribution in [3.05, 3.63) is 99.5 Å². The first kappa shape index (κ1) is 26.5. The van der Waals surface area contributed by atoms with Crippen molar-refractivity contribution < 1.29 is 22.7 Å². The molecule has 0 unspecified atom stereocenters. The van der Waals surface area contributed by atoms with E-state index in [1.807, 2.05) is 6.92 Å². The van der Waals surface area contributed by atoms with E-state index < -0.39 is 28.3 Å². The van der Waals surface area contributed by atoms with Crippen LogP contribution in [0.3, 0.4) is 0 Å². The first-order valence-corrected chi connectivity index (χ1v) is 12.8. The zero-order valence-corrected chi connectivity index (χ0v) is 21.4. The molecule has 0 bridgehead atoms. The van der Waals surface area contributed by atoms with E-state index in [2.05, 4.69) is 0 Å². The van der Waals surface area contributed by atoms with Gasteiger partial charge in [-0.25, -0.2) is 13.2 Å². The van der Waals surface area contributed by atoms with E-state index >= 15 is 0 Å². The third-order valence-electron chi connectivity index (χ3n) is 5.01. The summed E-state index contributed by atoms with van der Waals surface area (Å²) in [4.78, 5) is 25.0. The van der Waals surface area contributed by atoms with E-state index in [1.54, 1.807) is 43.3 Å². The lowest BCUT2D eigenvalue weighted by Crippen LogP contribution is -2.36. The Morgan fingerprint density at radius 1 is 0.943 bits per heavy atom. The molecule has 0 fully saturated rings. The Bertz CT molecular complexity index is 1350. The Morgan fingerprint density at radius 2 is 1.57 bits per heavy atom. The van der Waals surface area contributed by atoms with Crippen LogP contribution in [0.25, 0.3) is 6.08 Å². The van der Waals surface area contributed by atoms with Gasteiger partial charge in [-0.05, 0) is 74.0 Å². The maximum absolute atomic E-state index is 13.8. The molecule has 3 aromatic rings. The second-order valence-corrected chi connectivity index (χ2v) is 10.3. The Balaban J connectivity index is 2.13. The van der Waals surface area contributed by atoms with Gasteiger partial charge in [0.25, 0.3) is 10.0 Å². The molecular formula is C26H23Cl2NO5S. The molecule has 0 aliphatic carbocycles. The number of ether oxygens (including phenoxy) is 1. The molecule has 9 heteroatoms.